The number of aromatic nitrogens is 1. The van der Waals surface area contributed by atoms with Gasteiger partial charge in [-0.1, -0.05) is 0 Å². The molecule has 0 unspecified atom stereocenters. The number of nitrogens with zero attached hydrogens (tertiary/aromatic N) is 1. The number of fused-ring (bicyclic) bond motifs is 1. The second-order valence-corrected chi connectivity index (χ2v) is 9.90. The highest BCUT2D eigenvalue weighted by Gasteiger charge is 2.30. The lowest BCUT2D eigenvalue weighted by Crippen LogP contribution is -2.43. The van der Waals surface area contributed by atoms with Gasteiger partial charge in [-0.05, 0) is 72.8 Å². The van der Waals surface area contributed by atoms with E-state index in [4.69, 9.17) is 9.47 Å². The van der Waals surface area contributed by atoms with Gasteiger partial charge in [0.25, 0.3) is 5.56 Å². The summed E-state index contributed by atoms with van der Waals surface area (Å²) in [7, 11) is -4.02. The summed E-state index contributed by atoms with van der Waals surface area (Å²) in [6, 6.07) is 10.2. The zero-order valence-electron chi connectivity index (χ0n) is 17.9. The average Bonchev–Trinajstić information content (AvgIpc) is 2.76. The Labute approximate surface area is 185 Å². The predicted octanol–water partition coefficient (Wildman–Crippen LogP) is 2.89. The van der Waals surface area contributed by atoms with Crippen LogP contribution in [0.1, 0.15) is 16.7 Å². The summed E-state index contributed by atoms with van der Waals surface area (Å²) >= 11 is 0. The number of nitrogens with one attached hydrogen (secondary N) is 1. The van der Waals surface area contributed by atoms with Gasteiger partial charge in [0.05, 0.1) is 30.8 Å². The van der Waals surface area contributed by atoms with Gasteiger partial charge in [-0.15, -0.1) is 0 Å². The van der Waals surface area contributed by atoms with E-state index in [0.29, 0.717) is 24.3 Å². The summed E-state index contributed by atoms with van der Waals surface area (Å²) in [5, 5.41) is 0.819. The molecule has 3 aromatic rings. The van der Waals surface area contributed by atoms with Gasteiger partial charge in [-0.2, -0.15) is 4.31 Å². The van der Waals surface area contributed by atoms with Crippen LogP contribution in [0.5, 0.6) is 0 Å². The molecule has 9 heteroatoms. The second-order valence-electron chi connectivity index (χ2n) is 7.97. The maximum absolute atomic E-state index is 13.4. The van der Waals surface area contributed by atoms with Crippen LogP contribution in [0.15, 0.2) is 52.2 Å². The van der Waals surface area contributed by atoms with E-state index in [0.717, 1.165) is 28.6 Å². The topological polar surface area (TPSA) is 88.7 Å². The first-order valence-corrected chi connectivity index (χ1v) is 11.8. The van der Waals surface area contributed by atoms with Crippen molar-refractivity contribution in [3.63, 3.8) is 0 Å². The Bertz CT molecular complexity index is 1280. The fourth-order valence-corrected chi connectivity index (χ4v) is 5.15. The Morgan fingerprint density at radius 1 is 1.09 bits per heavy atom. The first kappa shape index (κ1) is 22.6. The number of sulfonamides is 1. The van der Waals surface area contributed by atoms with Crippen molar-refractivity contribution in [1.82, 2.24) is 9.29 Å². The molecule has 0 radical (unpaired) electrons. The Morgan fingerprint density at radius 3 is 2.50 bits per heavy atom. The number of rotatable bonds is 6. The van der Waals surface area contributed by atoms with Crippen LogP contribution in [0.4, 0.5) is 4.39 Å². The molecule has 2 heterocycles. The van der Waals surface area contributed by atoms with Crippen molar-refractivity contribution in [2.45, 2.75) is 31.4 Å². The second kappa shape index (κ2) is 9.11. The maximum atomic E-state index is 13.4. The lowest BCUT2D eigenvalue weighted by atomic mass is 10.0. The number of hydrogen-bond acceptors (Lipinski definition) is 5. The van der Waals surface area contributed by atoms with E-state index >= 15 is 0 Å². The molecule has 7 nitrogen and oxygen atoms in total. The molecule has 0 bridgehead atoms. The number of aryl methyl sites for hydroxylation is 2. The van der Waals surface area contributed by atoms with E-state index in [-0.39, 0.29) is 30.2 Å². The third-order valence-corrected chi connectivity index (χ3v) is 7.45. The highest BCUT2D eigenvalue weighted by molar-refractivity contribution is 7.89. The van der Waals surface area contributed by atoms with Gasteiger partial charge in [0, 0.05) is 24.2 Å². The van der Waals surface area contributed by atoms with Crippen molar-refractivity contribution in [1.29, 1.82) is 0 Å². The first-order chi connectivity index (χ1) is 15.2. The van der Waals surface area contributed by atoms with Gasteiger partial charge in [-0.3, -0.25) is 4.79 Å². The maximum Gasteiger partial charge on any atom is 0.252 e. The lowest BCUT2D eigenvalue weighted by Gasteiger charge is -2.29. The molecule has 1 aliphatic rings. The van der Waals surface area contributed by atoms with Gasteiger partial charge < -0.3 is 14.5 Å². The molecule has 1 aliphatic heterocycles. The zero-order chi connectivity index (χ0) is 22.9. The Morgan fingerprint density at radius 2 is 1.81 bits per heavy atom. The Hall–Kier alpha value is -2.59. The summed E-state index contributed by atoms with van der Waals surface area (Å²) in [6.45, 7) is 4.86. The van der Waals surface area contributed by atoms with Crippen LogP contribution in [-0.4, -0.2) is 50.2 Å². The van der Waals surface area contributed by atoms with Crippen molar-refractivity contribution >= 4 is 20.9 Å². The van der Waals surface area contributed by atoms with Crippen LogP contribution in [0, 0.1) is 19.7 Å². The summed E-state index contributed by atoms with van der Waals surface area (Å²) in [5.41, 5.74) is 2.76. The minimum Gasteiger partial charge on any atom is -0.376 e. The van der Waals surface area contributed by atoms with Gasteiger partial charge >= 0.3 is 0 Å². The van der Waals surface area contributed by atoms with Crippen LogP contribution in [-0.2, 0) is 26.0 Å². The number of hydrogen-bond donors (Lipinski definition) is 1. The number of aromatic amines is 1. The fourth-order valence-electron chi connectivity index (χ4n) is 3.70. The highest BCUT2D eigenvalue weighted by atomic mass is 32.2. The average molecular weight is 461 g/mol. The van der Waals surface area contributed by atoms with E-state index in [1.807, 2.05) is 26.0 Å². The number of benzene rings is 2. The molecular formula is C23H25FN2O5S. The van der Waals surface area contributed by atoms with Gasteiger partial charge in [0.15, 0.2) is 0 Å². The smallest absolute Gasteiger partial charge is 0.252 e. The molecule has 0 saturated carbocycles. The van der Waals surface area contributed by atoms with Crippen molar-refractivity contribution in [2.24, 2.45) is 0 Å². The number of H-pyrrole nitrogens is 1. The Balaban J connectivity index is 1.73. The normalized spacial score (nSPS) is 17.2. The zero-order valence-corrected chi connectivity index (χ0v) is 18.7. The third kappa shape index (κ3) is 4.75. The van der Waals surface area contributed by atoms with Crippen molar-refractivity contribution in [3.05, 3.63) is 75.3 Å². The number of ether oxygens (including phenoxy) is 2. The molecule has 1 aromatic heterocycles. The van der Waals surface area contributed by atoms with E-state index in [1.165, 1.54) is 16.4 Å². The molecule has 0 aliphatic carbocycles. The SMILES string of the molecule is Cc1cc2cc(CN(C[C@H]3COCCO3)S(=O)(=O)c3ccc(F)cc3)c(=O)[nH]c2cc1C. The monoisotopic (exact) mass is 460 g/mol. The summed E-state index contributed by atoms with van der Waals surface area (Å²) in [4.78, 5) is 15.6. The minimum atomic E-state index is -4.02. The van der Waals surface area contributed by atoms with E-state index in [2.05, 4.69) is 4.98 Å². The molecule has 1 atom stereocenters. The summed E-state index contributed by atoms with van der Waals surface area (Å²) in [6.07, 6.45) is -0.469. The third-order valence-electron chi connectivity index (χ3n) is 5.63. The number of halogens is 1. The molecule has 1 fully saturated rings. The van der Waals surface area contributed by atoms with Crippen molar-refractivity contribution in [3.8, 4) is 0 Å². The number of pyridine rings is 1. The van der Waals surface area contributed by atoms with Crippen LogP contribution < -0.4 is 5.56 Å². The van der Waals surface area contributed by atoms with Crippen LogP contribution >= 0.6 is 0 Å². The standard InChI is InChI=1S/C23H25FN2O5S/c1-15-9-17-11-18(23(27)25-22(17)10-16(15)2)12-26(13-20-14-30-7-8-31-20)32(28,29)21-5-3-19(24)4-6-21/h3-6,9-11,20H,7-8,12-14H2,1-2H3,(H,25,27)/t20-/m0/s1. The molecule has 170 valence electrons. The van der Waals surface area contributed by atoms with Gasteiger partial charge in [0.1, 0.15) is 5.82 Å². The van der Waals surface area contributed by atoms with Crippen LogP contribution in [0.25, 0.3) is 10.9 Å². The lowest BCUT2D eigenvalue weighted by molar-refractivity contribution is -0.0923. The van der Waals surface area contributed by atoms with Crippen molar-refractivity contribution in [2.75, 3.05) is 26.4 Å². The Kier molecular flexibility index (Phi) is 6.43. The fraction of sp³-hybridized carbons (Fsp3) is 0.348. The minimum absolute atomic E-state index is 0.00408. The first-order valence-electron chi connectivity index (χ1n) is 10.3. The summed E-state index contributed by atoms with van der Waals surface area (Å²) < 4.78 is 52.4. The quantitative estimate of drug-likeness (QED) is 0.611. The van der Waals surface area contributed by atoms with Gasteiger partial charge in [0.2, 0.25) is 10.0 Å². The predicted molar refractivity (Wildman–Crippen MR) is 119 cm³/mol. The molecule has 32 heavy (non-hydrogen) atoms. The van der Waals surface area contributed by atoms with E-state index < -0.39 is 21.9 Å². The molecule has 2 aromatic carbocycles. The summed E-state index contributed by atoms with van der Waals surface area (Å²) in [5.74, 6) is -0.531. The molecule has 1 N–H and O–H groups in total. The molecule has 0 spiro atoms. The van der Waals surface area contributed by atoms with E-state index in [9.17, 15) is 17.6 Å². The van der Waals surface area contributed by atoms with Crippen molar-refractivity contribution < 1.29 is 22.3 Å². The van der Waals surface area contributed by atoms with Crippen LogP contribution in [0.2, 0.25) is 0 Å². The van der Waals surface area contributed by atoms with Crippen LogP contribution in [0.3, 0.4) is 0 Å². The molecule has 1 saturated heterocycles. The largest absolute Gasteiger partial charge is 0.376 e. The molecule has 4 rings (SSSR count). The molecular weight excluding hydrogens is 435 g/mol. The van der Waals surface area contributed by atoms with E-state index in [1.54, 1.807) is 6.07 Å². The molecule has 0 amide bonds. The van der Waals surface area contributed by atoms with Gasteiger partial charge in [-0.25, -0.2) is 12.8 Å². The highest BCUT2D eigenvalue weighted by Crippen LogP contribution is 2.22.